The molecule has 0 aliphatic carbocycles. The van der Waals surface area contributed by atoms with Gasteiger partial charge in [-0.15, -0.1) is 0 Å². The quantitative estimate of drug-likeness (QED) is 0.444. The van der Waals surface area contributed by atoms with Gasteiger partial charge in [-0.1, -0.05) is 39.0 Å². The summed E-state index contributed by atoms with van der Waals surface area (Å²) in [5.41, 5.74) is 0. The van der Waals surface area contributed by atoms with Crippen LogP contribution in [0.15, 0.2) is 0 Å². The van der Waals surface area contributed by atoms with E-state index in [1.165, 1.54) is 12.8 Å². The van der Waals surface area contributed by atoms with Crippen molar-refractivity contribution in [3.8, 4) is 0 Å². The maximum atomic E-state index is 13.2. The van der Waals surface area contributed by atoms with Crippen LogP contribution in [-0.4, -0.2) is 27.5 Å². The fourth-order valence-electron chi connectivity index (χ4n) is 1.44. The van der Waals surface area contributed by atoms with E-state index in [9.17, 15) is 12.8 Å². The molecule has 0 fully saturated rings. The maximum Gasteiger partial charge on any atom is 0.264 e. The van der Waals surface area contributed by atoms with E-state index < -0.39 is 16.3 Å². The van der Waals surface area contributed by atoms with Crippen molar-refractivity contribution in [3.63, 3.8) is 0 Å². The topological polar surface area (TPSA) is 43.4 Å². The Balaban J connectivity index is 3.34. The van der Waals surface area contributed by atoms with Crippen molar-refractivity contribution in [3.05, 3.63) is 0 Å². The van der Waals surface area contributed by atoms with Crippen LogP contribution in [0.2, 0.25) is 0 Å². The lowest BCUT2D eigenvalue weighted by atomic mass is 10.1. The Morgan fingerprint density at radius 1 is 1.12 bits per heavy atom. The fourth-order valence-corrected chi connectivity index (χ4v) is 1.84. The minimum absolute atomic E-state index is 0.0467. The number of hydrogen-bond acceptors (Lipinski definition) is 3. The normalized spacial score (nSPS) is 13.9. The molecule has 0 aromatic carbocycles. The number of hydrogen-bond donors (Lipinski definition) is 0. The predicted molar refractivity (Wildman–Crippen MR) is 63.7 cm³/mol. The summed E-state index contributed by atoms with van der Waals surface area (Å²) in [5, 5.41) is 0. The first-order chi connectivity index (χ1) is 7.45. The predicted octanol–water partition coefficient (Wildman–Crippen LogP) is 3.05. The molecule has 5 heteroatoms. The van der Waals surface area contributed by atoms with E-state index in [0.29, 0.717) is 6.42 Å². The lowest BCUT2D eigenvalue weighted by molar-refractivity contribution is 0.227. The van der Waals surface area contributed by atoms with Crippen LogP contribution >= 0.6 is 0 Å². The van der Waals surface area contributed by atoms with E-state index in [2.05, 4.69) is 11.1 Å². The van der Waals surface area contributed by atoms with E-state index in [4.69, 9.17) is 0 Å². The molecular weight excluding hydrogens is 231 g/mol. The first-order valence-electron chi connectivity index (χ1n) is 5.94. The summed E-state index contributed by atoms with van der Waals surface area (Å²) in [6, 6.07) is 0. The molecule has 0 saturated carbocycles. The SMILES string of the molecule is CCCCCCCC(F)CCOS(C)(=O)=O. The smallest absolute Gasteiger partial charge is 0.264 e. The van der Waals surface area contributed by atoms with Gasteiger partial charge in [-0.05, 0) is 6.42 Å². The van der Waals surface area contributed by atoms with Crippen LogP contribution in [-0.2, 0) is 14.3 Å². The Hall–Kier alpha value is -0.160. The Kier molecular flexibility index (Phi) is 8.84. The summed E-state index contributed by atoms with van der Waals surface area (Å²) in [4.78, 5) is 0. The van der Waals surface area contributed by atoms with Crippen molar-refractivity contribution >= 4 is 10.1 Å². The average Bonchev–Trinajstić information content (AvgIpc) is 2.15. The summed E-state index contributed by atoms with van der Waals surface area (Å²) in [5.74, 6) is 0. The molecule has 98 valence electrons. The van der Waals surface area contributed by atoms with Gasteiger partial charge < -0.3 is 0 Å². The maximum absolute atomic E-state index is 13.2. The van der Waals surface area contributed by atoms with Crippen LogP contribution in [0.5, 0.6) is 0 Å². The summed E-state index contributed by atoms with van der Waals surface area (Å²) in [6.45, 7) is 2.09. The first-order valence-corrected chi connectivity index (χ1v) is 7.76. The lowest BCUT2D eigenvalue weighted by Gasteiger charge is -2.07. The average molecular weight is 254 g/mol. The molecule has 0 N–H and O–H groups in total. The van der Waals surface area contributed by atoms with Gasteiger partial charge in [-0.3, -0.25) is 4.18 Å². The minimum Gasteiger partial charge on any atom is -0.270 e. The third-order valence-corrected chi connectivity index (χ3v) is 2.94. The van der Waals surface area contributed by atoms with E-state index in [0.717, 1.165) is 25.5 Å². The Bertz CT molecular complexity index is 252. The second kappa shape index (κ2) is 8.93. The summed E-state index contributed by atoms with van der Waals surface area (Å²) >= 11 is 0. The zero-order valence-corrected chi connectivity index (χ0v) is 11.1. The molecule has 16 heavy (non-hydrogen) atoms. The van der Waals surface area contributed by atoms with Crippen LogP contribution in [0.1, 0.15) is 51.9 Å². The van der Waals surface area contributed by atoms with Crippen molar-refractivity contribution in [1.29, 1.82) is 0 Å². The molecule has 0 spiro atoms. The van der Waals surface area contributed by atoms with Gasteiger partial charge >= 0.3 is 0 Å². The van der Waals surface area contributed by atoms with Gasteiger partial charge in [0.2, 0.25) is 0 Å². The Morgan fingerprint density at radius 2 is 1.75 bits per heavy atom. The molecule has 0 aromatic rings. The van der Waals surface area contributed by atoms with E-state index in [-0.39, 0.29) is 13.0 Å². The van der Waals surface area contributed by atoms with Crippen molar-refractivity contribution in [2.24, 2.45) is 0 Å². The van der Waals surface area contributed by atoms with Crippen molar-refractivity contribution < 1.29 is 17.0 Å². The molecular formula is C11H23FO3S. The fraction of sp³-hybridized carbons (Fsp3) is 1.00. The largest absolute Gasteiger partial charge is 0.270 e. The highest BCUT2D eigenvalue weighted by Crippen LogP contribution is 2.12. The Labute approximate surface area is 98.5 Å². The zero-order chi connectivity index (χ0) is 12.4. The highest BCUT2D eigenvalue weighted by atomic mass is 32.2. The van der Waals surface area contributed by atoms with Crippen LogP contribution < -0.4 is 0 Å². The molecule has 0 bridgehead atoms. The Morgan fingerprint density at radius 3 is 2.31 bits per heavy atom. The number of rotatable bonds is 10. The summed E-state index contributed by atoms with van der Waals surface area (Å²) < 4.78 is 38.9. The molecule has 0 aliphatic heterocycles. The third-order valence-electron chi connectivity index (χ3n) is 2.35. The second-order valence-corrected chi connectivity index (χ2v) is 5.76. The minimum atomic E-state index is -3.42. The van der Waals surface area contributed by atoms with Gasteiger partial charge in [-0.2, -0.15) is 8.42 Å². The number of alkyl halides is 1. The monoisotopic (exact) mass is 254 g/mol. The lowest BCUT2D eigenvalue weighted by Crippen LogP contribution is -2.09. The van der Waals surface area contributed by atoms with Crippen LogP contribution in [0.4, 0.5) is 4.39 Å². The van der Waals surface area contributed by atoms with E-state index >= 15 is 0 Å². The zero-order valence-electron chi connectivity index (χ0n) is 10.2. The second-order valence-electron chi connectivity index (χ2n) is 4.11. The molecule has 0 radical (unpaired) electrons. The van der Waals surface area contributed by atoms with E-state index in [1.54, 1.807) is 0 Å². The van der Waals surface area contributed by atoms with Gasteiger partial charge in [0, 0.05) is 6.42 Å². The third kappa shape index (κ3) is 11.9. The van der Waals surface area contributed by atoms with Gasteiger partial charge in [0.1, 0.15) is 6.17 Å². The number of unbranched alkanes of at least 4 members (excludes halogenated alkanes) is 4. The molecule has 0 aromatic heterocycles. The first kappa shape index (κ1) is 15.8. The molecule has 1 atom stereocenters. The summed E-state index contributed by atoms with van der Waals surface area (Å²) in [6.07, 6.45) is 6.19. The molecule has 0 amide bonds. The standard InChI is InChI=1S/C11H23FO3S/c1-3-4-5-6-7-8-11(12)9-10-15-16(2,13)14/h11H,3-10H2,1-2H3. The van der Waals surface area contributed by atoms with Crippen molar-refractivity contribution in [1.82, 2.24) is 0 Å². The van der Waals surface area contributed by atoms with Crippen molar-refractivity contribution in [2.75, 3.05) is 12.9 Å². The molecule has 0 aliphatic rings. The molecule has 3 nitrogen and oxygen atoms in total. The number of halogens is 1. The highest BCUT2D eigenvalue weighted by Gasteiger charge is 2.08. The van der Waals surface area contributed by atoms with Crippen LogP contribution in [0.3, 0.4) is 0 Å². The van der Waals surface area contributed by atoms with Gasteiger partial charge in [0.25, 0.3) is 10.1 Å². The molecule has 1 unspecified atom stereocenters. The van der Waals surface area contributed by atoms with Crippen molar-refractivity contribution in [2.45, 2.75) is 58.0 Å². The van der Waals surface area contributed by atoms with E-state index in [1.807, 2.05) is 0 Å². The van der Waals surface area contributed by atoms with Gasteiger partial charge in [0.05, 0.1) is 12.9 Å². The van der Waals surface area contributed by atoms with Gasteiger partial charge in [-0.25, -0.2) is 4.39 Å². The summed E-state index contributed by atoms with van der Waals surface area (Å²) in [7, 11) is -3.42. The van der Waals surface area contributed by atoms with Crippen LogP contribution in [0, 0.1) is 0 Å². The molecule has 0 heterocycles. The highest BCUT2D eigenvalue weighted by molar-refractivity contribution is 7.85. The molecule has 0 saturated heterocycles. The van der Waals surface area contributed by atoms with Gasteiger partial charge in [0.15, 0.2) is 0 Å². The van der Waals surface area contributed by atoms with Crippen LogP contribution in [0.25, 0.3) is 0 Å². The molecule has 0 rings (SSSR count).